The molecule has 1 atom stereocenters. The number of rotatable bonds is 6. The maximum atomic E-state index is 13.3. The van der Waals surface area contributed by atoms with Crippen molar-refractivity contribution in [1.82, 2.24) is 0 Å². The number of amides is 2. The summed E-state index contributed by atoms with van der Waals surface area (Å²) in [5, 5.41) is 2.56. The van der Waals surface area contributed by atoms with Gasteiger partial charge >= 0.3 is 0 Å². The Balaban J connectivity index is 1.59. The molecule has 0 bridgehead atoms. The van der Waals surface area contributed by atoms with Gasteiger partial charge in [0.2, 0.25) is 11.8 Å². The molecule has 8 heteroatoms. The average Bonchev–Trinajstić information content (AvgIpc) is 2.96. The van der Waals surface area contributed by atoms with Gasteiger partial charge in [0.15, 0.2) is 11.5 Å². The fourth-order valence-electron chi connectivity index (χ4n) is 3.67. The molecule has 1 N–H and O–H groups in total. The minimum atomic E-state index is -0.386. The predicted octanol–water partition coefficient (Wildman–Crippen LogP) is 5.05. The van der Waals surface area contributed by atoms with Crippen LogP contribution in [0.15, 0.2) is 71.6 Å². The molecule has 0 aromatic heterocycles. The van der Waals surface area contributed by atoms with E-state index < -0.39 is 0 Å². The Morgan fingerprint density at radius 2 is 1.79 bits per heavy atom. The highest BCUT2D eigenvalue weighted by atomic mass is 32.2. The summed E-state index contributed by atoms with van der Waals surface area (Å²) < 4.78 is 23.9. The Bertz CT molecular complexity index is 1170. The first-order valence-electron chi connectivity index (χ1n) is 10.3. The molecule has 3 aromatic rings. The highest BCUT2D eigenvalue weighted by molar-refractivity contribution is 7.99. The second-order valence-corrected chi connectivity index (χ2v) is 8.67. The van der Waals surface area contributed by atoms with Crippen molar-refractivity contribution >= 4 is 35.0 Å². The summed E-state index contributed by atoms with van der Waals surface area (Å²) in [6.45, 7) is -0.146. The molecule has 1 unspecified atom stereocenters. The summed E-state index contributed by atoms with van der Waals surface area (Å²) in [6.07, 6.45) is 0.207. The highest BCUT2D eigenvalue weighted by Crippen LogP contribution is 2.46. The largest absolute Gasteiger partial charge is 0.493 e. The van der Waals surface area contributed by atoms with E-state index in [9.17, 15) is 14.0 Å². The number of fused-ring (bicyclic) bond motifs is 1. The van der Waals surface area contributed by atoms with E-state index in [-0.39, 0.29) is 35.8 Å². The normalized spacial score (nSPS) is 15.4. The van der Waals surface area contributed by atoms with Crippen LogP contribution in [-0.4, -0.2) is 32.6 Å². The lowest BCUT2D eigenvalue weighted by atomic mass is 10.1. The molecule has 2 amide bonds. The first-order valence-corrected chi connectivity index (χ1v) is 11.2. The van der Waals surface area contributed by atoms with E-state index in [0.29, 0.717) is 22.9 Å². The Labute approximate surface area is 195 Å². The number of carbonyl (C=O) groups excluding carboxylic acids is 2. The quantitative estimate of drug-likeness (QED) is 0.551. The van der Waals surface area contributed by atoms with Crippen LogP contribution in [0.3, 0.4) is 0 Å². The monoisotopic (exact) mass is 466 g/mol. The molecule has 4 rings (SSSR count). The van der Waals surface area contributed by atoms with Gasteiger partial charge in [-0.2, -0.15) is 0 Å². The number of nitrogens with zero attached hydrogens (tertiary/aromatic N) is 1. The molecule has 0 radical (unpaired) electrons. The molecule has 0 saturated carbocycles. The molecule has 3 aromatic carbocycles. The number of methoxy groups -OCH3 is 2. The minimum absolute atomic E-state index is 0.146. The first kappa shape index (κ1) is 22.7. The standard InChI is InChI=1S/C25H23FN2O4S/c1-31-20-12-7-16(13-21(20)32-2)23-14-25(30)28(19-5-3-4-6-22(19)33-23)15-24(29)27-18-10-8-17(26)9-11-18/h3-13,23H,14-15H2,1-2H3,(H,27,29). The van der Waals surface area contributed by atoms with E-state index >= 15 is 0 Å². The Morgan fingerprint density at radius 3 is 2.52 bits per heavy atom. The van der Waals surface area contributed by atoms with E-state index in [1.165, 1.54) is 29.2 Å². The molecule has 0 aliphatic carbocycles. The van der Waals surface area contributed by atoms with Crippen LogP contribution >= 0.6 is 11.8 Å². The number of hydrogen-bond acceptors (Lipinski definition) is 5. The molecule has 0 saturated heterocycles. The molecule has 33 heavy (non-hydrogen) atoms. The van der Waals surface area contributed by atoms with Crippen LogP contribution in [0.4, 0.5) is 15.8 Å². The van der Waals surface area contributed by atoms with Gasteiger partial charge in [0, 0.05) is 22.3 Å². The van der Waals surface area contributed by atoms with E-state index in [0.717, 1.165) is 10.5 Å². The number of ether oxygens (including phenoxy) is 2. The van der Waals surface area contributed by atoms with Gasteiger partial charge in [-0.3, -0.25) is 9.59 Å². The maximum absolute atomic E-state index is 13.3. The molecular formula is C25H23FN2O4S. The molecule has 1 aliphatic rings. The van der Waals surface area contributed by atoms with Crippen molar-refractivity contribution in [3.8, 4) is 11.5 Å². The third kappa shape index (κ3) is 5.12. The number of benzene rings is 3. The van der Waals surface area contributed by atoms with Gasteiger partial charge in [0.1, 0.15) is 12.4 Å². The molecule has 1 heterocycles. The molecule has 0 fully saturated rings. The number of para-hydroxylation sites is 1. The lowest BCUT2D eigenvalue weighted by molar-refractivity contribution is -0.121. The van der Waals surface area contributed by atoms with Crippen LogP contribution in [-0.2, 0) is 9.59 Å². The number of nitrogens with one attached hydrogen (secondary N) is 1. The molecule has 6 nitrogen and oxygen atoms in total. The fraction of sp³-hybridized carbons (Fsp3) is 0.200. The predicted molar refractivity (Wildman–Crippen MR) is 127 cm³/mol. The first-order chi connectivity index (χ1) is 16.0. The third-order valence-electron chi connectivity index (χ3n) is 5.30. The number of thioether (sulfide) groups is 1. The van der Waals surface area contributed by atoms with Crippen LogP contribution in [0.1, 0.15) is 17.2 Å². The Kier molecular flexibility index (Phi) is 6.84. The lowest BCUT2D eigenvalue weighted by Gasteiger charge is -2.22. The van der Waals surface area contributed by atoms with Crippen LogP contribution in [0.5, 0.6) is 11.5 Å². The summed E-state index contributed by atoms with van der Waals surface area (Å²) >= 11 is 1.57. The zero-order valence-corrected chi connectivity index (χ0v) is 19.0. The van der Waals surface area contributed by atoms with Gasteiger partial charge in [0.25, 0.3) is 0 Å². The summed E-state index contributed by atoms with van der Waals surface area (Å²) in [5.74, 6) is 0.297. The van der Waals surface area contributed by atoms with Gasteiger partial charge in [-0.05, 0) is 54.1 Å². The summed E-state index contributed by atoms with van der Waals surface area (Å²) in [5.41, 5.74) is 2.08. The Morgan fingerprint density at radius 1 is 1.06 bits per heavy atom. The molecule has 0 spiro atoms. The van der Waals surface area contributed by atoms with Crippen molar-refractivity contribution in [3.05, 3.63) is 78.1 Å². The van der Waals surface area contributed by atoms with Crippen LogP contribution in [0.25, 0.3) is 0 Å². The molecule has 170 valence electrons. The van der Waals surface area contributed by atoms with Crippen molar-refractivity contribution in [2.75, 3.05) is 31.0 Å². The van der Waals surface area contributed by atoms with Crippen LogP contribution in [0, 0.1) is 5.82 Å². The number of hydrogen-bond donors (Lipinski definition) is 1. The minimum Gasteiger partial charge on any atom is -0.493 e. The van der Waals surface area contributed by atoms with E-state index in [2.05, 4.69) is 5.32 Å². The van der Waals surface area contributed by atoms with Gasteiger partial charge in [-0.25, -0.2) is 4.39 Å². The van der Waals surface area contributed by atoms with Gasteiger partial charge < -0.3 is 19.7 Å². The fourth-order valence-corrected chi connectivity index (χ4v) is 4.94. The van der Waals surface area contributed by atoms with Crippen molar-refractivity contribution < 1.29 is 23.5 Å². The topological polar surface area (TPSA) is 67.9 Å². The third-order valence-corrected chi connectivity index (χ3v) is 6.62. The summed E-state index contributed by atoms with van der Waals surface area (Å²) in [6, 6.07) is 18.7. The molecular weight excluding hydrogens is 443 g/mol. The van der Waals surface area contributed by atoms with E-state index in [4.69, 9.17) is 9.47 Å². The number of halogens is 1. The molecule has 1 aliphatic heterocycles. The SMILES string of the molecule is COc1ccc(C2CC(=O)N(CC(=O)Nc3ccc(F)cc3)c3ccccc3S2)cc1OC. The lowest BCUT2D eigenvalue weighted by Crippen LogP contribution is -2.38. The maximum Gasteiger partial charge on any atom is 0.244 e. The van der Waals surface area contributed by atoms with Crippen molar-refractivity contribution in [2.45, 2.75) is 16.6 Å². The smallest absolute Gasteiger partial charge is 0.244 e. The van der Waals surface area contributed by atoms with Gasteiger partial charge in [-0.15, -0.1) is 11.8 Å². The van der Waals surface area contributed by atoms with Crippen LogP contribution in [0.2, 0.25) is 0 Å². The van der Waals surface area contributed by atoms with Crippen molar-refractivity contribution in [2.24, 2.45) is 0 Å². The van der Waals surface area contributed by atoms with Gasteiger partial charge in [-0.1, -0.05) is 18.2 Å². The number of anilines is 2. The number of carbonyl (C=O) groups is 2. The average molecular weight is 467 g/mol. The second-order valence-electron chi connectivity index (χ2n) is 7.43. The summed E-state index contributed by atoms with van der Waals surface area (Å²) in [4.78, 5) is 28.4. The zero-order chi connectivity index (χ0) is 23.4. The van der Waals surface area contributed by atoms with Gasteiger partial charge in [0.05, 0.1) is 19.9 Å². The van der Waals surface area contributed by atoms with Crippen molar-refractivity contribution in [3.63, 3.8) is 0 Å². The second kappa shape index (κ2) is 9.95. The zero-order valence-electron chi connectivity index (χ0n) is 18.2. The highest BCUT2D eigenvalue weighted by Gasteiger charge is 2.30. The van der Waals surface area contributed by atoms with Crippen molar-refractivity contribution in [1.29, 1.82) is 0 Å². The van der Waals surface area contributed by atoms with Crippen LogP contribution < -0.4 is 19.7 Å². The van der Waals surface area contributed by atoms with E-state index in [1.807, 2.05) is 42.5 Å². The summed E-state index contributed by atoms with van der Waals surface area (Å²) in [7, 11) is 3.15. The van der Waals surface area contributed by atoms with E-state index in [1.54, 1.807) is 26.0 Å². The Hall–Kier alpha value is -3.52.